The van der Waals surface area contributed by atoms with E-state index in [1.54, 1.807) is 24.3 Å². The number of amides is 1. The number of carbonyl (C=O) groups excluding carboxylic acids is 2. The van der Waals surface area contributed by atoms with Crippen LogP contribution < -0.4 is 10.6 Å². The Morgan fingerprint density at radius 3 is 2.45 bits per heavy atom. The molecule has 0 aliphatic heterocycles. The molecule has 0 fully saturated rings. The van der Waals surface area contributed by atoms with Gasteiger partial charge in [-0.2, -0.15) is 0 Å². The number of nitrogens with zero attached hydrogens (tertiary/aromatic N) is 3. The fourth-order valence-corrected chi connectivity index (χ4v) is 3.74. The van der Waals surface area contributed by atoms with E-state index in [-0.39, 0.29) is 16.9 Å². The van der Waals surface area contributed by atoms with E-state index in [1.807, 2.05) is 43.7 Å². The van der Waals surface area contributed by atoms with Crippen molar-refractivity contribution in [2.24, 2.45) is 7.05 Å². The summed E-state index contributed by atoms with van der Waals surface area (Å²) in [7, 11) is 1.87. The Balaban J connectivity index is 1.58. The highest BCUT2D eigenvalue weighted by Gasteiger charge is 2.19. The summed E-state index contributed by atoms with van der Waals surface area (Å²) in [5, 5.41) is 15.5. The molecule has 0 unspecified atom stereocenters. The van der Waals surface area contributed by atoms with Crippen molar-refractivity contribution < 1.29 is 9.59 Å². The maximum atomic E-state index is 12.5. The van der Waals surface area contributed by atoms with Crippen molar-refractivity contribution in [2.45, 2.75) is 37.7 Å². The first kappa shape index (κ1) is 22.8. The second kappa shape index (κ2) is 9.98. The Labute approximate surface area is 190 Å². The summed E-state index contributed by atoms with van der Waals surface area (Å²) in [6.07, 6.45) is 0. The van der Waals surface area contributed by atoms with Gasteiger partial charge in [0.25, 0.3) is 0 Å². The molecular formula is C22H24ClN5O2S. The van der Waals surface area contributed by atoms with Gasteiger partial charge < -0.3 is 15.2 Å². The van der Waals surface area contributed by atoms with Crippen molar-refractivity contribution in [1.82, 2.24) is 14.8 Å². The fourth-order valence-electron chi connectivity index (χ4n) is 2.73. The van der Waals surface area contributed by atoms with Crippen LogP contribution in [0.4, 0.5) is 11.4 Å². The van der Waals surface area contributed by atoms with Crippen LogP contribution in [-0.4, -0.2) is 31.7 Å². The molecule has 3 aromatic rings. The third kappa shape index (κ3) is 5.86. The molecule has 2 aromatic carbocycles. The molecule has 0 radical (unpaired) electrons. The van der Waals surface area contributed by atoms with Crippen molar-refractivity contribution in [3.63, 3.8) is 0 Å². The highest BCUT2D eigenvalue weighted by molar-refractivity contribution is 8.00. The number of nitrogens with one attached hydrogen (secondary N) is 2. The van der Waals surface area contributed by atoms with Gasteiger partial charge in [-0.05, 0) is 62.7 Å². The van der Waals surface area contributed by atoms with E-state index in [4.69, 9.17) is 11.6 Å². The molecule has 9 heteroatoms. The summed E-state index contributed by atoms with van der Waals surface area (Å²) in [6, 6.07) is 12.6. The molecule has 0 aliphatic carbocycles. The number of aromatic nitrogens is 3. The van der Waals surface area contributed by atoms with E-state index in [0.29, 0.717) is 28.0 Å². The van der Waals surface area contributed by atoms with Crippen molar-refractivity contribution in [1.29, 1.82) is 0 Å². The van der Waals surface area contributed by atoms with Crippen LogP contribution in [0.25, 0.3) is 0 Å². The second-order valence-electron chi connectivity index (χ2n) is 7.16. The standard InChI is InChI=1S/C22H24ClN5O2S/c1-13-5-8-18(11-19(13)23)24-12-20-26-27-22(28(20)4)31-15(3)21(30)25-17-9-6-16(7-10-17)14(2)29/h5-11,15,24H,12H2,1-4H3,(H,25,30)/t15-/m1/s1. The lowest BCUT2D eigenvalue weighted by Gasteiger charge is -2.12. The number of carbonyl (C=O) groups is 2. The zero-order valence-electron chi connectivity index (χ0n) is 17.8. The van der Waals surface area contributed by atoms with E-state index >= 15 is 0 Å². The van der Waals surface area contributed by atoms with Crippen LogP contribution in [0.5, 0.6) is 0 Å². The molecule has 7 nitrogen and oxygen atoms in total. The highest BCUT2D eigenvalue weighted by Crippen LogP contribution is 2.24. The van der Waals surface area contributed by atoms with E-state index in [2.05, 4.69) is 20.8 Å². The maximum Gasteiger partial charge on any atom is 0.237 e. The number of thioether (sulfide) groups is 1. The largest absolute Gasteiger partial charge is 0.378 e. The van der Waals surface area contributed by atoms with Gasteiger partial charge >= 0.3 is 0 Å². The number of Topliss-reactive ketones (excluding diaryl/α,β-unsaturated/α-hetero) is 1. The Bertz CT molecular complexity index is 1100. The van der Waals surface area contributed by atoms with Gasteiger partial charge in [-0.15, -0.1) is 10.2 Å². The molecule has 0 aliphatic rings. The van der Waals surface area contributed by atoms with Crippen LogP contribution >= 0.6 is 23.4 Å². The van der Waals surface area contributed by atoms with Crippen LogP contribution in [-0.2, 0) is 18.4 Å². The summed E-state index contributed by atoms with van der Waals surface area (Å²) in [5.41, 5.74) is 3.17. The molecule has 0 saturated heterocycles. The number of hydrogen-bond acceptors (Lipinski definition) is 6. The van der Waals surface area contributed by atoms with Gasteiger partial charge in [0.1, 0.15) is 0 Å². The summed E-state index contributed by atoms with van der Waals surface area (Å²) in [4.78, 5) is 23.9. The Kier molecular flexibility index (Phi) is 7.35. The molecule has 3 rings (SSSR count). The van der Waals surface area contributed by atoms with Crippen molar-refractivity contribution in [3.05, 3.63) is 64.4 Å². The molecular weight excluding hydrogens is 434 g/mol. The van der Waals surface area contributed by atoms with Gasteiger partial charge in [0.15, 0.2) is 16.8 Å². The van der Waals surface area contributed by atoms with E-state index in [1.165, 1.54) is 18.7 Å². The van der Waals surface area contributed by atoms with Crippen molar-refractivity contribution in [2.75, 3.05) is 10.6 Å². The van der Waals surface area contributed by atoms with Crippen molar-refractivity contribution >= 4 is 46.4 Å². The summed E-state index contributed by atoms with van der Waals surface area (Å²) < 4.78 is 1.86. The maximum absolute atomic E-state index is 12.5. The number of hydrogen-bond donors (Lipinski definition) is 2. The van der Waals surface area contributed by atoms with Gasteiger partial charge in [-0.3, -0.25) is 9.59 Å². The topological polar surface area (TPSA) is 88.9 Å². The molecule has 31 heavy (non-hydrogen) atoms. The number of rotatable bonds is 8. The van der Waals surface area contributed by atoms with Gasteiger partial charge in [0.2, 0.25) is 5.91 Å². The number of benzene rings is 2. The first-order chi connectivity index (χ1) is 14.7. The minimum atomic E-state index is -0.382. The Morgan fingerprint density at radius 1 is 1.13 bits per heavy atom. The third-order valence-corrected chi connectivity index (χ3v) is 6.30. The molecule has 1 amide bonds. The van der Waals surface area contributed by atoms with Gasteiger partial charge in [0.05, 0.1) is 11.8 Å². The first-order valence-corrected chi connectivity index (χ1v) is 11.0. The molecule has 0 saturated carbocycles. The molecule has 162 valence electrons. The van der Waals surface area contributed by atoms with E-state index < -0.39 is 0 Å². The minimum Gasteiger partial charge on any atom is -0.378 e. The monoisotopic (exact) mass is 457 g/mol. The Morgan fingerprint density at radius 2 is 1.81 bits per heavy atom. The molecule has 1 heterocycles. The molecule has 1 aromatic heterocycles. The molecule has 0 spiro atoms. The minimum absolute atomic E-state index is 0.0140. The zero-order valence-corrected chi connectivity index (χ0v) is 19.3. The van der Waals surface area contributed by atoms with Gasteiger partial charge in [-0.25, -0.2) is 0 Å². The molecule has 0 bridgehead atoms. The summed E-state index contributed by atoms with van der Waals surface area (Å²) in [6.45, 7) is 5.75. The molecule has 2 N–H and O–H groups in total. The zero-order chi connectivity index (χ0) is 22.5. The summed E-state index contributed by atoms with van der Waals surface area (Å²) in [5.74, 6) is 0.573. The molecule has 1 atom stereocenters. The lowest BCUT2D eigenvalue weighted by molar-refractivity contribution is -0.115. The van der Waals surface area contributed by atoms with Crippen molar-refractivity contribution in [3.8, 4) is 0 Å². The number of halogens is 1. The predicted octanol–water partition coefficient (Wildman–Crippen LogP) is 4.71. The van der Waals surface area contributed by atoms with E-state index in [0.717, 1.165) is 17.1 Å². The van der Waals surface area contributed by atoms with Crippen LogP contribution in [0.2, 0.25) is 5.02 Å². The number of anilines is 2. The SMILES string of the molecule is CC(=O)c1ccc(NC(=O)[C@@H](C)Sc2nnc(CNc3ccc(C)c(Cl)c3)n2C)cc1. The van der Waals surface area contributed by atoms with Crippen LogP contribution in [0.3, 0.4) is 0 Å². The smallest absolute Gasteiger partial charge is 0.237 e. The Hall–Kier alpha value is -2.84. The predicted molar refractivity (Wildman–Crippen MR) is 125 cm³/mol. The van der Waals surface area contributed by atoms with Crippen LogP contribution in [0.1, 0.15) is 35.6 Å². The quantitative estimate of drug-likeness (QED) is 0.376. The lowest BCUT2D eigenvalue weighted by atomic mass is 10.1. The van der Waals surface area contributed by atoms with Gasteiger partial charge in [-0.1, -0.05) is 29.4 Å². The second-order valence-corrected chi connectivity index (χ2v) is 8.87. The third-order valence-electron chi connectivity index (χ3n) is 4.76. The fraction of sp³-hybridized carbons (Fsp3) is 0.273. The average Bonchev–Trinajstić information content (AvgIpc) is 3.08. The normalized spacial score (nSPS) is 11.8. The highest BCUT2D eigenvalue weighted by atomic mass is 35.5. The number of ketones is 1. The number of aryl methyl sites for hydroxylation is 1. The average molecular weight is 458 g/mol. The van der Waals surface area contributed by atoms with Crippen LogP contribution in [0, 0.1) is 6.92 Å². The first-order valence-electron chi connectivity index (χ1n) is 9.71. The van der Waals surface area contributed by atoms with Gasteiger partial charge in [0, 0.05) is 29.0 Å². The lowest BCUT2D eigenvalue weighted by Crippen LogP contribution is -2.23. The summed E-state index contributed by atoms with van der Waals surface area (Å²) >= 11 is 7.49. The van der Waals surface area contributed by atoms with E-state index in [9.17, 15) is 9.59 Å². The van der Waals surface area contributed by atoms with Crippen LogP contribution in [0.15, 0.2) is 47.6 Å².